The Morgan fingerprint density at radius 1 is 1.18 bits per heavy atom. The molecule has 3 aliphatic rings. The molecule has 3 aliphatic heterocycles. The first kappa shape index (κ1) is 16.3. The van der Waals surface area contributed by atoms with Gasteiger partial charge in [0, 0.05) is 93.9 Å². The maximum absolute atomic E-state index is 12.6. The van der Waals surface area contributed by atoms with E-state index in [9.17, 15) is 4.79 Å². The van der Waals surface area contributed by atoms with Gasteiger partial charge in [0.15, 0.2) is 17.3 Å². The summed E-state index contributed by atoms with van der Waals surface area (Å²) in [5.41, 5.74) is 5.50. The van der Waals surface area contributed by atoms with Gasteiger partial charge < -0.3 is 35.6 Å². The third-order valence-electron chi connectivity index (χ3n) is 7.10. The van der Waals surface area contributed by atoms with Gasteiger partial charge in [-0.2, -0.15) is 0 Å². The number of amides is 1. The van der Waals surface area contributed by atoms with Crippen LogP contribution in [0, 0.1) is 0 Å². The summed E-state index contributed by atoms with van der Waals surface area (Å²) in [6.07, 6.45) is -1.58. The van der Waals surface area contributed by atoms with Crippen molar-refractivity contribution in [1.82, 2.24) is 19.8 Å². The number of nitrogens with zero attached hydrogens (tertiary/aromatic N) is 5. The predicted molar refractivity (Wildman–Crippen MR) is 158 cm³/mol. The van der Waals surface area contributed by atoms with Gasteiger partial charge in [-0.05, 0) is 51.2 Å². The van der Waals surface area contributed by atoms with Crippen molar-refractivity contribution < 1.29 is 32.1 Å². The normalized spacial score (nSPS) is 30.4. The van der Waals surface area contributed by atoms with Crippen molar-refractivity contribution >= 4 is 28.9 Å². The summed E-state index contributed by atoms with van der Waals surface area (Å²) < 4.78 is 119. The van der Waals surface area contributed by atoms with Gasteiger partial charge >= 0.3 is 0 Å². The fraction of sp³-hybridized carbons (Fsp3) is 0.621. The van der Waals surface area contributed by atoms with Gasteiger partial charge in [0.05, 0.1) is 18.5 Å². The van der Waals surface area contributed by atoms with E-state index in [1.807, 2.05) is 4.90 Å². The molecular weight excluding hydrogens is 508 g/mol. The molecule has 1 aromatic carbocycles. The number of hydrogen-bond acceptors (Lipinski definition) is 10. The van der Waals surface area contributed by atoms with E-state index in [1.165, 1.54) is 7.11 Å². The molecule has 40 heavy (non-hydrogen) atoms. The number of carbonyl (C=O) groups excluding carboxylic acids is 1. The molecule has 218 valence electrons. The highest BCUT2D eigenvalue weighted by Gasteiger charge is 2.28. The SMILES string of the molecule is [2H]C([2H])([2H])C([2H])([2H])c1nc(C(N)=O)c(Nc2ccc(N3CCC(N4C([2H])([2H])C([2H])([2H])N(C)C([2H])([2H])C4([2H])[2H])CC3)c(OC)c2)nc1NC1CCOCC1. The zero-order valence-corrected chi connectivity index (χ0v) is 22.6. The van der Waals surface area contributed by atoms with Gasteiger partial charge in [-0.15, -0.1) is 0 Å². The number of hydrogen-bond donors (Lipinski definition) is 3. The molecule has 1 aromatic heterocycles. The molecule has 0 radical (unpaired) electrons. The standard InChI is InChI=1S/C29H44N8O3/c1-4-23-28(31-20-9-17-40-18-10-20)34-29(26(33-23)27(30)38)32-21-5-6-24(25(19-21)39-3)37-11-7-22(8-12-37)36-15-13-35(2)14-16-36/h5-6,19-20,22H,4,7-18H2,1-3H3,(H2,30,38)(H2,31,32,34)/i1D3,4D2,13D2,14D2,15D2,16D2. The maximum Gasteiger partial charge on any atom is 0.271 e. The molecule has 0 atom stereocenters. The highest BCUT2D eigenvalue weighted by Crippen LogP contribution is 2.35. The summed E-state index contributed by atoms with van der Waals surface area (Å²) in [5, 5.41) is 6.06. The molecule has 1 amide bonds. The molecular formula is C29H44N8O3. The number of rotatable bonds is 9. The van der Waals surface area contributed by atoms with Crippen molar-refractivity contribution in [2.75, 3.05) is 82.0 Å². The van der Waals surface area contributed by atoms with Gasteiger partial charge in [-0.1, -0.05) is 6.85 Å². The van der Waals surface area contributed by atoms with E-state index in [4.69, 9.17) is 33.0 Å². The minimum absolute atomic E-state index is 0.164. The van der Waals surface area contributed by atoms with Crippen LogP contribution in [0.4, 0.5) is 23.0 Å². The average Bonchev–Trinajstić information content (AvgIpc) is 3.07. The number of benzene rings is 1. The molecule has 3 saturated heterocycles. The van der Waals surface area contributed by atoms with E-state index in [0.717, 1.165) is 7.05 Å². The smallest absolute Gasteiger partial charge is 0.271 e. The number of nitrogens with one attached hydrogen (secondary N) is 2. The summed E-state index contributed by atoms with van der Waals surface area (Å²) >= 11 is 0. The van der Waals surface area contributed by atoms with Crippen LogP contribution in [-0.4, -0.2) is 104 Å². The van der Waals surface area contributed by atoms with Crippen LogP contribution in [-0.2, 0) is 11.1 Å². The molecule has 3 fully saturated rings. The number of piperazine rings is 1. The topological polar surface area (TPSA) is 121 Å². The van der Waals surface area contributed by atoms with Crippen molar-refractivity contribution in [3.05, 3.63) is 29.6 Å². The Kier molecular flexibility index (Phi) is 5.31. The van der Waals surface area contributed by atoms with E-state index >= 15 is 0 Å². The molecule has 5 rings (SSSR count). The Bertz CT molecular complexity index is 1660. The molecule has 0 spiro atoms. The number of piperidine rings is 1. The zero-order chi connectivity index (χ0) is 39.5. The number of ether oxygens (including phenoxy) is 2. The minimum Gasteiger partial charge on any atom is -0.495 e. The van der Waals surface area contributed by atoms with Crippen LogP contribution in [0.25, 0.3) is 0 Å². The van der Waals surface area contributed by atoms with Crippen LogP contribution < -0.4 is 26.0 Å². The average molecular weight is 566 g/mol. The van der Waals surface area contributed by atoms with E-state index in [1.54, 1.807) is 18.2 Å². The summed E-state index contributed by atoms with van der Waals surface area (Å²) in [6.45, 7) is -13.2. The van der Waals surface area contributed by atoms with E-state index < -0.39 is 62.5 Å². The quantitative estimate of drug-likeness (QED) is 0.418. The van der Waals surface area contributed by atoms with Crippen LogP contribution in [0.5, 0.6) is 5.75 Å². The van der Waals surface area contributed by atoms with E-state index in [-0.39, 0.29) is 43.6 Å². The van der Waals surface area contributed by atoms with Crippen LogP contribution in [0.1, 0.15) is 66.5 Å². The second-order valence-electron chi connectivity index (χ2n) is 9.74. The van der Waals surface area contributed by atoms with Gasteiger partial charge in [0.25, 0.3) is 5.91 Å². The second kappa shape index (κ2) is 13.0. The highest BCUT2D eigenvalue weighted by atomic mass is 16.5. The van der Waals surface area contributed by atoms with Crippen molar-refractivity contribution in [1.29, 1.82) is 0 Å². The molecule has 2 aromatic rings. The Morgan fingerprint density at radius 2 is 1.93 bits per heavy atom. The third kappa shape index (κ3) is 6.59. The van der Waals surface area contributed by atoms with Gasteiger partial charge in [-0.25, -0.2) is 9.97 Å². The first-order valence-electron chi connectivity index (χ1n) is 19.7. The number of nitrogens with two attached hydrogens (primary N) is 1. The second-order valence-corrected chi connectivity index (χ2v) is 9.74. The zero-order valence-electron chi connectivity index (χ0n) is 35.6. The lowest BCUT2D eigenvalue weighted by Crippen LogP contribution is -2.52. The van der Waals surface area contributed by atoms with Crippen LogP contribution >= 0.6 is 0 Å². The number of primary amides is 1. The summed E-state index contributed by atoms with van der Waals surface area (Å²) in [7, 11) is 2.46. The lowest BCUT2D eigenvalue weighted by atomic mass is 10.0. The largest absolute Gasteiger partial charge is 0.495 e. The molecule has 11 heteroatoms. The van der Waals surface area contributed by atoms with Gasteiger partial charge in [0.2, 0.25) is 0 Å². The Morgan fingerprint density at radius 3 is 2.60 bits per heavy atom. The molecule has 4 N–H and O–H groups in total. The fourth-order valence-corrected chi connectivity index (χ4v) is 4.93. The summed E-state index contributed by atoms with van der Waals surface area (Å²) in [4.78, 5) is 24.2. The molecule has 0 unspecified atom stereocenters. The minimum atomic E-state index is -3.15. The Labute approximate surface area is 255 Å². The third-order valence-corrected chi connectivity index (χ3v) is 7.10. The molecule has 0 saturated carbocycles. The van der Waals surface area contributed by atoms with Gasteiger partial charge in [0.1, 0.15) is 5.75 Å². The molecule has 0 bridgehead atoms. The number of carbonyl (C=O) groups is 1. The van der Waals surface area contributed by atoms with E-state index in [2.05, 4.69) is 20.6 Å². The monoisotopic (exact) mass is 565 g/mol. The first-order valence-corrected chi connectivity index (χ1v) is 13.2. The number of anilines is 4. The summed E-state index contributed by atoms with van der Waals surface area (Å²) in [6, 6.07) is 3.86. The molecule has 11 nitrogen and oxygen atoms in total. The lowest BCUT2D eigenvalue weighted by molar-refractivity contribution is 0.0903. The Hall–Kier alpha value is -3.15. The van der Waals surface area contributed by atoms with Crippen LogP contribution in [0.2, 0.25) is 0 Å². The first-order chi connectivity index (χ1) is 24.4. The molecule has 0 aliphatic carbocycles. The van der Waals surface area contributed by atoms with Crippen molar-refractivity contribution in [2.45, 2.75) is 51.0 Å². The summed E-state index contributed by atoms with van der Waals surface area (Å²) in [5.74, 6) is -1.06. The van der Waals surface area contributed by atoms with Gasteiger partial charge in [-0.3, -0.25) is 9.69 Å². The fourth-order valence-electron chi connectivity index (χ4n) is 4.93. The lowest BCUT2D eigenvalue weighted by Gasteiger charge is -2.42. The van der Waals surface area contributed by atoms with Crippen LogP contribution in [0.15, 0.2) is 18.2 Å². The Balaban J connectivity index is 1.42. The predicted octanol–water partition coefficient (Wildman–Crippen LogP) is 2.70. The number of aryl methyl sites for hydroxylation is 1. The van der Waals surface area contributed by atoms with Crippen molar-refractivity contribution in [3.63, 3.8) is 0 Å². The van der Waals surface area contributed by atoms with Crippen molar-refractivity contribution in [3.8, 4) is 5.75 Å². The number of aromatic nitrogens is 2. The maximum atomic E-state index is 12.6. The number of likely N-dealkylation sites (N-methyl/N-ethyl adjacent to an activating group) is 1. The van der Waals surface area contributed by atoms with E-state index in [0.29, 0.717) is 53.0 Å². The molecule has 4 heterocycles. The number of methoxy groups -OCH3 is 1. The van der Waals surface area contributed by atoms with Crippen LogP contribution in [0.3, 0.4) is 0 Å². The highest BCUT2D eigenvalue weighted by molar-refractivity contribution is 5.96. The van der Waals surface area contributed by atoms with Crippen molar-refractivity contribution in [2.24, 2.45) is 5.73 Å².